The minimum absolute atomic E-state index is 0.459. The molecule has 3 nitrogen and oxygen atoms in total. The Hall–Kier alpha value is -1.90. The van der Waals surface area contributed by atoms with Crippen LogP contribution in [-0.2, 0) is 0 Å². The molecule has 0 aliphatic heterocycles. The first-order valence-electron chi connectivity index (χ1n) is 7.02. The monoisotopic (exact) mass is 253 g/mol. The molecule has 19 heavy (non-hydrogen) atoms. The van der Waals surface area contributed by atoms with Crippen LogP contribution < -0.4 is 5.73 Å². The van der Waals surface area contributed by atoms with Gasteiger partial charge in [0.25, 0.3) is 0 Å². The molecule has 3 rings (SSSR count). The third-order valence-electron chi connectivity index (χ3n) is 3.90. The third-order valence-corrected chi connectivity index (χ3v) is 3.90. The van der Waals surface area contributed by atoms with Crippen LogP contribution in [0, 0.1) is 5.92 Å². The van der Waals surface area contributed by atoms with Crippen LogP contribution in [-0.4, -0.2) is 10.8 Å². The summed E-state index contributed by atoms with van der Waals surface area (Å²) in [5, 5.41) is 1.07. The maximum atomic E-state index is 6.20. The highest BCUT2D eigenvalue weighted by Gasteiger charge is 2.17. The SMILES string of the molecule is NC(=Nc1cccc2ncccc12)C1CCCCC1. The highest BCUT2D eigenvalue weighted by Crippen LogP contribution is 2.28. The number of nitrogens with zero attached hydrogens (tertiary/aromatic N) is 2. The molecule has 0 unspecified atom stereocenters. The number of nitrogens with two attached hydrogens (primary N) is 1. The van der Waals surface area contributed by atoms with Gasteiger partial charge in [-0.15, -0.1) is 0 Å². The van der Waals surface area contributed by atoms with Gasteiger partial charge in [-0.25, -0.2) is 4.99 Å². The van der Waals surface area contributed by atoms with Gasteiger partial charge >= 0.3 is 0 Å². The van der Waals surface area contributed by atoms with Gasteiger partial charge in [-0.2, -0.15) is 0 Å². The Labute approximate surface area is 113 Å². The Morgan fingerprint density at radius 2 is 1.95 bits per heavy atom. The highest BCUT2D eigenvalue weighted by atomic mass is 14.9. The summed E-state index contributed by atoms with van der Waals surface area (Å²) >= 11 is 0. The first-order chi connectivity index (χ1) is 9.34. The fourth-order valence-corrected chi connectivity index (χ4v) is 2.81. The summed E-state index contributed by atoms with van der Waals surface area (Å²) in [4.78, 5) is 9.02. The van der Waals surface area contributed by atoms with Crippen molar-refractivity contribution in [2.24, 2.45) is 16.6 Å². The molecule has 1 aliphatic rings. The van der Waals surface area contributed by atoms with E-state index in [0.717, 1.165) is 22.4 Å². The van der Waals surface area contributed by atoms with Gasteiger partial charge in [0.2, 0.25) is 0 Å². The van der Waals surface area contributed by atoms with Gasteiger partial charge in [-0.1, -0.05) is 25.3 Å². The number of hydrogen-bond donors (Lipinski definition) is 1. The summed E-state index contributed by atoms with van der Waals surface area (Å²) < 4.78 is 0. The minimum atomic E-state index is 0.459. The van der Waals surface area contributed by atoms with Crippen LogP contribution in [0.1, 0.15) is 32.1 Å². The molecule has 0 saturated heterocycles. The van der Waals surface area contributed by atoms with Gasteiger partial charge in [-0.3, -0.25) is 4.98 Å². The maximum absolute atomic E-state index is 6.20. The Balaban J connectivity index is 1.95. The summed E-state index contributed by atoms with van der Waals surface area (Å²) in [6.45, 7) is 0. The van der Waals surface area contributed by atoms with Crippen LogP contribution in [0.2, 0.25) is 0 Å². The van der Waals surface area contributed by atoms with E-state index in [-0.39, 0.29) is 0 Å². The second-order valence-electron chi connectivity index (χ2n) is 5.22. The van der Waals surface area contributed by atoms with Crippen molar-refractivity contribution < 1.29 is 0 Å². The first-order valence-corrected chi connectivity index (χ1v) is 7.02. The first kappa shape index (κ1) is 12.2. The summed E-state index contributed by atoms with van der Waals surface area (Å²) in [7, 11) is 0. The van der Waals surface area contributed by atoms with Gasteiger partial charge < -0.3 is 5.73 Å². The number of aliphatic imine (C=N–C) groups is 1. The predicted molar refractivity (Wildman–Crippen MR) is 79.6 cm³/mol. The van der Waals surface area contributed by atoms with Crippen LogP contribution in [0.4, 0.5) is 5.69 Å². The predicted octanol–water partition coefficient (Wildman–Crippen LogP) is 3.80. The Kier molecular flexibility index (Phi) is 3.45. The van der Waals surface area contributed by atoms with E-state index in [1.165, 1.54) is 32.1 Å². The Morgan fingerprint density at radius 1 is 1.11 bits per heavy atom. The summed E-state index contributed by atoms with van der Waals surface area (Å²) in [6.07, 6.45) is 8.05. The second kappa shape index (κ2) is 5.39. The lowest BCUT2D eigenvalue weighted by atomic mass is 9.88. The molecule has 1 heterocycles. The lowest BCUT2D eigenvalue weighted by molar-refractivity contribution is 0.437. The molecule has 1 aromatic carbocycles. The van der Waals surface area contributed by atoms with E-state index in [0.29, 0.717) is 5.92 Å². The van der Waals surface area contributed by atoms with Crippen molar-refractivity contribution in [3.63, 3.8) is 0 Å². The van der Waals surface area contributed by atoms with Crippen LogP contribution in [0.3, 0.4) is 0 Å². The van der Waals surface area contributed by atoms with Crippen molar-refractivity contribution in [2.75, 3.05) is 0 Å². The third kappa shape index (κ3) is 2.60. The summed E-state index contributed by atoms with van der Waals surface area (Å²) in [6, 6.07) is 10.0. The molecule has 2 aromatic rings. The van der Waals surface area contributed by atoms with Gasteiger partial charge in [0.1, 0.15) is 5.84 Å². The molecule has 0 spiro atoms. The van der Waals surface area contributed by atoms with E-state index >= 15 is 0 Å². The molecule has 0 amide bonds. The zero-order valence-corrected chi connectivity index (χ0v) is 11.0. The molecule has 1 fully saturated rings. The van der Waals surface area contributed by atoms with Crippen molar-refractivity contribution in [1.82, 2.24) is 4.98 Å². The van der Waals surface area contributed by atoms with Crippen LogP contribution in [0.5, 0.6) is 0 Å². The van der Waals surface area contributed by atoms with E-state index in [1.54, 1.807) is 6.20 Å². The zero-order chi connectivity index (χ0) is 13.1. The molecular weight excluding hydrogens is 234 g/mol. The Morgan fingerprint density at radius 3 is 2.79 bits per heavy atom. The number of amidine groups is 1. The van der Waals surface area contributed by atoms with E-state index in [1.807, 2.05) is 24.3 Å². The van der Waals surface area contributed by atoms with E-state index in [9.17, 15) is 0 Å². The van der Waals surface area contributed by atoms with Crippen LogP contribution in [0.25, 0.3) is 10.9 Å². The molecule has 98 valence electrons. The molecule has 1 aromatic heterocycles. The summed E-state index contributed by atoms with van der Waals surface area (Å²) in [5.74, 6) is 1.25. The van der Waals surface area contributed by atoms with Gasteiger partial charge in [0, 0.05) is 17.5 Å². The summed E-state index contributed by atoms with van der Waals surface area (Å²) in [5.41, 5.74) is 8.11. The Bertz CT molecular complexity index is 592. The van der Waals surface area contributed by atoms with Crippen LogP contribution >= 0.6 is 0 Å². The molecular formula is C16H19N3. The zero-order valence-electron chi connectivity index (χ0n) is 11.0. The van der Waals surface area contributed by atoms with Crippen molar-refractivity contribution >= 4 is 22.4 Å². The average molecular weight is 253 g/mol. The second-order valence-corrected chi connectivity index (χ2v) is 5.22. The molecule has 1 aliphatic carbocycles. The van der Waals surface area contributed by atoms with Crippen molar-refractivity contribution in [3.8, 4) is 0 Å². The molecule has 2 N–H and O–H groups in total. The van der Waals surface area contributed by atoms with E-state index in [2.05, 4.69) is 16.0 Å². The normalized spacial score (nSPS) is 17.8. The molecule has 0 bridgehead atoms. The molecule has 1 saturated carbocycles. The quantitative estimate of drug-likeness (QED) is 0.653. The van der Waals surface area contributed by atoms with E-state index in [4.69, 9.17) is 5.73 Å². The highest BCUT2D eigenvalue weighted by molar-refractivity contribution is 5.94. The standard InChI is InChI=1S/C16H19N3/c17-16(12-6-2-1-3-7-12)19-15-10-4-9-14-13(15)8-5-11-18-14/h4-5,8-12H,1-3,6-7H2,(H2,17,19). The number of benzene rings is 1. The lowest BCUT2D eigenvalue weighted by Crippen LogP contribution is -2.25. The van der Waals surface area contributed by atoms with Crippen molar-refractivity contribution in [3.05, 3.63) is 36.5 Å². The fraction of sp³-hybridized carbons (Fsp3) is 0.375. The van der Waals surface area contributed by atoms with Gasteiger partial charge in [-0.05, 0) is 37.1 Å². The van der Waals surface area contributed by atoms with Crippen molar-refractivity contribution in [2.45, 2.75) is 32.1 Å². The largest absolute Gasteiger partial charge is 0.387 e. The van der Waals surface area contributed by atoms with Crippen molar-refractivity contribution in [1.29, 1.82) is 0 Å². The maximum Gasteiger partial charge on any atom is 0.103 e. The van der Waals surface area contributed by atoms with Gasteiger partial charge in [0.15, 0.2) is 0 Å². The van der Waals surface area contributed by atoms with Crippen LogP contribution in [0.15, 0.2) is 41.5 Å². The number of aromatic nitrogens is 1. The lowest BCUT2D eigenvalue weighted by Gasteiger charge is -2.20. The fourth-order valence-electron chi connectivity index (χ4n) is 2.81. The number of rotatable bonds is 2. The smallest absolute Gasteiger partial charge is 0.103 e. The molecule has 0 radical (unpaired) electrons. The number of hydrogen-bond acceptors (Lipinski definition) is 2. The molecule has 0 atom stereocenters. The van der Waals surface area contributed by atoms with E-state index < -0.39 is 0 Å². The van der Waals surface area contributed by atoms with Gasteiger partial charge in [0.05, 0.1) is 11.2 Å². The number of pyridine rings is 1. The topological polar surface area (TPSA) is 51.3 Å². The average Bonchev–Trinajstić information content (AvgIpc) is 2.48. The number of fused-ring (bicyclic) bond motifs is 1. The molecule has 3 heteroatoms. The minimum Gasteiger partial charge on any atom is -0.387 e.